The molecule has 3 rings (SSSR count). The van der Waals surface area contributed by atoms with Crippen molar-refractivity contribution < 1.29 is 0 Å². The number of nitrogens with zero attached hydrogens (tertiary/aromatic N) is 4. The maximum absolute atomic E-state index is 5.60. The van der Waals surface area contributed by atoms with E-state index < -0.39 is 0 Å². The van der Waals surface area contributed by atoms with Gasteiger partial charge in [-0.15, -0.1) is 11.3 Å². The summed E-state index contributed by atoms with van der Waals surface area (Å²) < 4.78 is 1.19. The van der Waals surface area contributed by atoms with Gasteiger partial charge in [0.1, 0.15) is 12.1 Å². The topological polar surface area (TPSA) is 58.3 Å². The van der Waals surface area contributed by atoms with Crippen LogP contribution in [-0.4, -0.2) is 52.6 Å². The molecule has 0 saturated carbocycles. The Morgan fingerprint density at radius 2 is 2.10 bits per heavy atom. The molecule has 0 atom stereocenters. The maximum atomic E-state index is 5.60. The summed E-state index contributed by atoms with van der Waals surface area (Å²) in [6.07, 6.45) is 1.67. The van der Waals surface area contributed by atoms with Crippen molar-refractivity contribution in [2.75, 3.05) is 37.6 Å². The zero-order valence-electron chi connectivity index (χ0n) is 11.4. The molecule has 0 aromatic carbocycles. The molecule has 0 unspecified atom stereocenters. The molecule has 2 N–H and O–H groups in total. The first-order chi connectivity index (χ1) is 9.65. The van der Waals surface area contributed by atoms with Gasteiger partial charge in [-0.3, -0.25) is 4.90 Å². The van der Waals surface area contributed by atoms with Crippen LogP contribution in [0.1, 0.15) is 5.56 Å². The molecule has 5 nitrogen and oxygen atoms in total. The van der Waals surface area contributed by atoms with E-state index in [4.69, 9.17) is 18.0 Å². The fourth-order valence-electron chi connectivity index (χ4n) is 2.52. The van der Waals surface area contributed by atoms with Crippen molar-refractivity contribution in [1.82, 2.24) is 14.9 Å². The zero-order valence-corrected chi connectivity index (χ0v) is 13.0. The lowest BCUT2D eigenvalue weighted by molar-refractivity contribution is 0.292. The van der Waals surface area contributed by atoms with Crippen molar-refractivity contribution in [3.63, 3.8) is 0 Å². The smallest absolute Gasteiger partial charge is 0.150 e. The Bertz CT molecular complexity index is 631. The van der Waals surface area contributed by atoms with Crippen LogP contribution in [0.5, 0.6) is 0 Å². The van der Waals surface area contributed by atoms with Gasteiger partial charge in [0.25, 0.3) is 0 Å². The zero-order chi connectivity index (χ0) is 14.1. The Morgan fingerprint density at radius 3 is 2.80 bits per heavy atom. The first-order valence-corrected chi connectivity index (χ1v) is 7.88. The molecule has 0 bridgehead atoms. The monoisotopic (exact) mass is 307 g/mol. The van der Waals surface area contributed by atoms with Crippen molar-refractivity contribution in [3.8, 4) is 0 Å². The third-order valence-electron chi connectivity index (χ3n) is 3.56. The molecular weight excluding hydrogens is 290 g/mol. The largest absolute Gasteiger partial charge is 0.392 e. The van der Waals surface area contributed by atoms with E-state index >= 15 is 0 Å². The Kier molecular flexibility index (Phi) is 3.82. The SMILES string of the molecule is Cc1csc2c(N3CCN(CC(N)=S)CC3)ncnc12. The minimum absolute atomic E-state index is 0.566. The molecule has 3 heterocycles. The average Bonchev–Trinajstić information content (AvgIpc) is 2.81. The van der Waals surface area contributed by atoms with Crippen LogP contribution in [0.2, 0.25) is 0 Å². The van der Waals surface area contributed by atoms with Crippen LogP contribution in [-0.2, 0) is 0 Å². The van der Waals surface area contributed by atoms with Crippen LogP contribution >= 0.6 is 23.6 Å². The van der Waals surface area contributed by atoms with Crippen molar-refractivity contribution in [1.29, 1.82) is 0 Å². The van der Waals surface area contributed by atoms with Crippen molar-refractivity contribution in [2.24, 2.45) is 5.73 Å². The summed E-state index contributed by atoms with van der Waals surface area (Å²) in [6, 6.07) is 0. The van der Waals surface area contributed by atoms with Crippen LogP contribution in [0.15, 0.2) is 11.7 Å². The minimum atomic E-state index is 0.566. The lowest BCUT2D eigenvalue weighted by Crippen LogP contribution is -2.48. The second kappa shape index (κ2) is 5.59. The summed E-state index contributed by atoms with van der Waals surface area (Å²) in [7, 11) is 0. The Labute approximate surface area is 127 Å². The highest BCUT2D eigenvalue weighted by molar-refractivity contribution is 7.80. The van der Waals surface area contributed by atoms with Gasteiger partial charge in [0.15, 0.2) is 0 Å². The molecular formula is C13H17N5S2. The van der Waals surface area contributed by atoms with E-state index in [0.717, 1.165) is 37.5 Å². The molecule has 0 aliphatic carbocycles. The number of thiophene rings is 1. The third kappa shape index (κ3) is 2.61. The number of aromatic nitrogens is 2. The van der Waals surface area contributed by atoms with Gasteiger partial charge >= 0.3 is 0 Å². The van der Waals surface area contributed by atoms with Gasteiger partial charge in [-0.2, -0.15) is 0 Å². The van der Waals surface area contributed by atoms with E-state index in [1.54, 1.807) is 17.7 Å². The Balaban J connectivity index is 1.78. The molecule has 20 heavy (non-hydrogen) atoms. The quantitative estimate of drug-likeness (QED) is 0.865. The summed E-state index contributed by atoms with van der Waals surface area (Å²) in [4.78, 5) is 14.0. The molecule has 2 aromatic rings. The number of rotatable bonds is 3. The highest BCUT2D eigenvalue weighted by Gasteiger charge is 2.21. The van der Waals surface area contributed by atoms with Gasteiger partial charge in [-0.25, -0.2) is 9.97 Å². The molecule has 1 aliphatic rings. The normalized spacial score (nSPS) is 16.8. The predicted octanol–water partition coefficient (Wildman–Crippen LogP) is 1.41. The van der Waals surface area contributed by atoms with Crippen LogP contribution < -0.4 is 10.6 Å². The number of nitrogens with two attached hydrogens (primary N) is 1. The van der Waals surface area contributed by atoms with Gasteiger partial charge < -0.3 is 10.6 Å². The van der Waals surface area contributed by atoms with Crippen LogP contribution in [0.4, 0.5) is 5.82 Å². The number of thiocarbonyl (C=S) groups is 1. The van der Waals surface area contributed by atoms with E-state index in [1.807, 2.05) is 0 Å². The molecule has 0 radical (unpaired) electrons. The van der Waals surface area contributed by atoms with E-state index in [2.05, 4.69) is 32.1 Å². The first kappa shape index (κ1) is 13.7. The Hall–Kier alpha value is -1.31. The molecule has 106 valence electrons. The lowest BCUT2D eigenvalue weighted by atomic mass is 10.2. The maximum Gasteiger partial charge on any atom is 0.150 e. The standard InChI is InChI=1S/C13H17N5S2/c1-9-7-20-12-11(9)15-8-16-13(12)18-4-2-17(3-5-18)6-10(14)19/h7-8H,2-6H2,1H3,(H2,14,19). The van der Waals surface area contributed by atoms with Gasteiger partial charge in [-0.1, -0.05) is 12.2 Å². The molecule has 1 fully saturated rings. The number of hydrogen-bond acceptors (Lipinski definition) is 6. The predicted molar refractivity (Wildman–Crippen MR) is 87.6 cm³/mol. The average molecular weight is 307 g/mol. The van der Waals surface area contributed by atoms with Gasteiger partial charge in [0.05, 0.1) is 15.2 Å². The van der Waals surface area contributed by atoms with Crippen molar-refractivity contribution in [3.05, 3.63) is 17.3 Å². The van der Waals surface area contributed by atoms with Crippen molar-refractivity contribution in [2.45, 2.75) is 6.92 Å². The number of fused-ring (bicyclic) bond motifs is 1. The van der Waals surface area contributed by atoms with E-state index in [-0.39, 0.29) is 0 Å². The minimum Gasteiger partial charge on any atom is -0.392 e. The summed E-state index contributed by atoms with van der Waals surface area (Å²) >= 11 is 6.69. The Morgan fingerprint density at radius 1 is 1.35 bits per heavy atom. The van der Waals surface area contributed by atoms with Crippen LogP contribution in [0.25, 0.3) is 10.2 Å². The second-order valence-corrected chi connectivity index (χ2v) is 6.43. The van der Waals surface area contributed by atoms with Crippen LogP contribution in [0, 0.1) is 6.92 Å². The molecule has 2 aromatic heterocycles. The number of anilines is 1. The van der Waals surface area contributed by atoms with E-state index in [9.17, 15) is 0 Å². The summed E-state index contributed by atoms with van der Waals surface area (Å²) in [5.41, 5.74) is 7.90. The first-order valence-electron chi connectivity index (χ1n) is 6.59. The summed E-state index contributed by atoms with van der Waals surface area (Å²) in [5.74, 6) is 1.06. The highest BCUT2D eigenvalue weighted by Crippen LogP contribution is 2.31. The molecule has 1 aliphatic heterocycles. The second-order valence-electron chi connectivity index (χ2n) is 5.02. The summed E-state index contributed by atoms with van der Waals surface area (Å²) in [5, 5.41) is 2.14. The van der Waals surface area contributed by atoms with E-state index in [0.29, 0.717) is 11.5 Å². The summed E-state index contributed by atoms with van der Waals surface area (Å²) in [6.45, 7) is 6.63. The number of piperazine rings is 1. The van der Waals surface area contributed by atoms with Gasteiger partial charge in [-0.05, 0) is 17.9 Å². The van der Waals surface area contributed by atoms with Crippen molar-refractivity contribution >= 4 is 44.6 Å². The molecule has 0 spiro atoms. The lowest BCUT2D eigenvalue weighted by Gasteiger charge is -2.35. The van der Waals surface area contributed by atoms with Gasteiger partial charge in [0, 0.05) is 32.7 Å². The van der Waals surface area contributed by atoms with Gasteiger partial charge in [0.2, 0.25) is 0 Å². The third-order valence-corrected chi connectivity index (χ3v) is 4.78. The fraction of sp³-hybridized carbons (Fsp3) is 0.462. The molecule has 0 amide bonds. The molecule has 7 heteroatoms. The fourth-order valence-corrected chi connectivity index (χ4v) is 3.72. The van der Waals surface area contributed by atoms with E-state index in [1.165, 1.54) is 10.3 Å². The number of hydrogen-bond donors (Lipinski definition) is 1. The molecule has 1 saturated heterocycles. The van der Waals surface area contributed by atoms with Crippen LogP contribution in [0.3, 0.4) is 0 Å². The number of aryl methyl sites for hydroxylation is 1. The highest BCUT2D eigenvalue weighted by atomic mass is 32.1.